The molecule has 2 heterocycles. The number of nitrogens with two attached hydrogens (primary N) is 1. The van der Waals surface area contributed by atoms with Crippen molar-refractivity contribution in [1.29, 1.82) is 5.41 Å². The summed E-state index contributed by atoms with van der Waals surface area (Å²) in [6.07, 6.45) is 3.17. The molecule has 2 aromatic rings. The largest absolute Gasteiger partial charge is 0.384 e. The Labute approximate surface area is 103 Å². The number of hydrogen-bond acceptors (Lipinski definition) is 5. The summed E-state index contributed by atoms with van der Waals surface area (Å²) >= 11 is 1.42. The molecule has 0 unspecified atom stereocenters. The second kappa shape index (κ2) is 4.92. The van der Waals surface area contributed by atoms with Crippen LogP contribution in [0.25, 0.3) is 0 Å². The molecule has 2 aromatic heterocycles. The molecule has 0 saturated carbocycles. The number of pyridine rings is 1. The van der Waals surface area contributed by atoms with Crippen molar-refractivity contribution >= 4 is 17.6 Å². The van der Waals surface area contributed by atoms with Crippen LogP contribution < -0.4 is 5.73 Å². The van der Waals surface area contributed by atoms with Gasteiger partial charge in [-0.1, -0.05) is 0 Å². The van der Waals surface area contributed by atoms with Gasteiger partial charge in [0, 0.05) is 17.5 Å². The van der Waals surface area contributed by atoms with Gasteiger partial charge in [-0.3, -0.25) is 5.41 Å². The first-order chi connectivity index (χ1) is 8.15. The minimum atomic E-state index is 0.0417. The van der Waals surface area contributed by atoms with Gasteiger partial charge in [-0.05, 0) is 36.9 Å². The Morgan fingerprint density at radius 3 is 2.82 bits per heavy atom. The topological polar surface area (TPSA) is 88.5 Å². The first-order valence-corrected chi connectivity index (χ1v) is 5.74. The van der Waals surface area contributed by atoms with Crippen molar-refractivity contribution in [3.8, 4) is 0 Å². The molecule has 0 fully saturated rings. The number of amidine groups is 1. The molecule has 0 bridgehead atoms. The average molecular weight is 245 g/mol. The van der Waals surface area contributed by atoms with Crippen molar-refractivity contribution in [2.24, 2.45) is 5.73 Å². The number of aryl methyl sites for hydroxylation is 1. The molecule has 0 aliphatic heterocycles. The lowest BCUT2D eigenvalue weighted by Crippen LogP contribution is -2.11. The Morgan fingerprint density at radius 2 is 2.18 bits per heavy atom. The number of nitrogens with zero attached hydrogens (tertiary/aromatic N) is 3. The van der Waals surface area contributed by atoms with Gasteiger partial charge in [-0.25, -0.2) is 15.0 Å². The number of rotatable bonds is 3. The highest BCUT2D eigenvalue weighted by molar-refractivity contribution is 7.99. The average Bonchev–Trinajstić information content (AvgIpc) is 2.29. The lowest BCUT2D eigenvalue weighted by Gasteiger charge is -2.04. The fourth-order valence-electron chi connectivity index (χ4n) is 1.29. The minimum absolute atomic E-state index is 0.0417. The molecule has 6 heteroatoms. The second-order valence-electron chi connectivity index (χ2n) is 3.40. The zero-order valence-electron chi connectivity index (χ0n) is 9.21. The van der Waals surface area contributed by atoms with Crippen LogP contribution in [0.1, 0.15) is 11.3 Å². The molecule has 0 atom stereocenters. The molecule has 86 valence electrons. The fourth-order valence-corrected chi connectivity index (χ4v) is 2.11. The summed E-state index contributed by atoms with van der Waals surface area (Å²) < 4.78 is 0. The summed E-state index contributed by atoms with van der Waals surface area (Å²) in [5.74, 6) is 0.0417. The molecule has 0 aliphatic carbocycles. The van der Waals surface area contributed by atoms with E-state index in [1.165, 1.54) is 18.1 Å². The highest BCUT2D eigenvalue weighted by atomic mass is 32.2. The van der Waals surface area contributed by atoms with Crippen LogP contribution in [-0.2, 0) is 0 Å². The van der Waals surface area contributed by atoms with Gasteiger partial charge in [0.25, 0.3) is 0 Å². The molecule has 0 saturated heterocycles. The summed E-state index contributed by atoms with van der Waals surface area (Å²) in [6, 6.07) is 5.37. The van der Waals surface area contributed by atoms with Crippen molar-refractivity contribution in [3.63, 3.8) is 0 Å². The Morgan fingerprint density at radius 1 is 1.35 bits per heavy atom. The van der Waals surface area contributed by atoms with Gasteiger partial charge in [-0.2, -0.15) is 0 Å². The minimum Gasteiger partial charge on any atom is -0.384 e. The quantitative estimate of drug-likeness (QED) is 0.487. The maximum atomic E-state index is 7.42. The van der Waals surface area contributed by atoms with E-state index in [4.69, 9.17) is 11.1 Å². The Kier molecular flexibility index (Phi) is 3.34. The normalized spacial score (nSPS) is 10.2. The van der Waals surface area contributed by atoms with Gasteiger partial charge in [0.1, 0.15) is 22.2 Å². The van der Waals surface area contributed by atoms with Gasteiger partial charge < -0.3 is 5.73 Å². The van der Waals surface area contributed by atoms with E-state index in [9.17, 15) is 0 Å². The maximum absolute atomic E-state index is 7.42. The van der Waals surface area contributed by atoms with Crippen LogP contribution in [0.15, 0.2) is 40.8 Å². The van der Waals surface area contributed by atoms with Crippen molar-refractivity contribution in [1.82, 2.24) is 15.0 Å². The van der Waals surface area contributed by atoms with Crippen molar-refractivity contribution in [2.75, 3.05) is 0 Å². The lowest BCUT2D eigenvalue weighted by molar-refractivity contribution is 1.02. The molecule has 17 heavy (non-hydrogen) atoms. The zero-order chi connectivity index (χ0) is 12.3. The van der Waals surface area contributed by atoms with Crippen molar-refractivity contribution < 1.29 is 0 Å². The first kappa shape index (κ1) is 11.5. The van der Waals surface area contributed by atoms with Gasteiger partial charge >= 0.3 is 0 Å². The summed E-state index contributed by atoms with van der Waals surface area (Å²) in [4.78, 5) is 12.3. The van der Waals surface area contributed by atoms with Crippen LogP contribution in [0, 0.1) is 12.3 Å². The second-order valence-corrected chi connectivity index (χ2v) is 4.44. The summed E-state index contributed by atoms with van der Waals surface area (Å²) in [5.41, 5.74) is 6.97. The van der Waals surface area contributed by atoms with Crippen LogP contribution in [0.5, 0.6) is 0 Å². The van der Waals surface area contributed by atoms with Gasteiger partial charge in [0.05, 0.1) is 0 Å². The highest BCUT2D eigenvalue weighted by Crippen LogP contribution is 2.24. The molecular formula is C11H11N5S. The summed E-state index contributed by atoms with van der Waals surface area (Å²) in [7, 11) is 0. The van der Waals surface area contributed by atoms with Gasteiger partial charge in [-0.15, -0.1) is 0 Å². The van der Waals surface area contributed by atoms with E-state index in [0.717, 1.165) is 15.7 Å². The third-order valence-corrected chi connectivity index (χ3v) is 2.87. The molecule has 0 aliphatic rings. The molecule has 0 radical (unpaired) electrons. The standard InChI is InChI=1S/C11H11N5S/c1-7-4-8(11(12)13)5-10(16-7)17-9-2-3-14-6-15-9/h2-6H,1H3,(H3,12,13). The SMILES string of the molecule is Cc1cc(C(=N)N)cc(Sc2ccncn2)n1. The third kappa shape index (κ3) is 3.01. The predicted molar refractivity (Wildman–Crippen MR) is 66.1 cm³/mol. The van der Waals surface area contributed by atoms with E-state index in [-0.39, 0.29) is 5.84 Å². The van der Waals surface area contributed by atoms with Crippen LogP contribution in [0.3, 0.4) is 0 Å². The van der Waals surface area contributed by atoms with E-state index >= 15 is 0 Å². The Hall–Kier alpha value is -1.95. The van der Waals surface area contributed by atoms with Gasteiger partial charge in [0.2, 0.25) is 0 Å². The molecule has 2 rings (SSSR count). The molecular weight excluding hydrogens is 234 g/mol. The van der Waals surface area contributed by atoms with Crippen LogP contribution >= 0.6 is 11.8 Å². The highest BCUT2D eigenvalue weighted by Gasteiger charge is 2.05. The zero-order valence-corrected chi connectivity index (χ0v) is 10.0. The van der Waals surface area contributed by atoms with Crippen LogP contribution in [0.2, 0.25) is 0 Å². The Balaban J connectivity index is 2.30. The van der Waals surface area contributed by atoms with E-state index in [1.807, 2.05) is 13.0 Å². The third-order valence-electron chi connectivity index (χ3n) is 2.00. The van der Waals surface area contributed by atoms with E-state index in [0.29, 0.717) is 5.56 Å². The molecule has 0 amide bonds. The summed E-state index contributed by atoms with van der Waals surface area (Å²) in [5, 5.41) is 9.01. The van der Waals surface area contributed by atoms with Crippen LogP contribution in [-0.4, -0.2) is 20.8 Å². The fraction of sp³-hybridized carbons (Fsp3) is 0.0909. The van der Waals surface area contributed by atoms with Crippen LogP contribution in [0.4, 0.5) is 0 Å². The van der Waals surface area contributed by atoms with E-state index < -0.39 is 0 Å². The molecule has 5 nitrogen and oxygen atoms in total. The molecule has 0 spiro atoms. The van der Waals surface area contributed by atoms with E-state index in [2.05, 4.69) is 15.0 Å². The first-order valence-electron chi connectivity index (χ1n) is 4.92. The maximum Gasteiger partial charge on any atom is 0.122 e. The van der Waals surface area contributed by atoms with E-state index in [1.54, 1.807) is 18.3 Å². The van der Waals surface area contributed by atoms with Gasteiger partial charge in [0.15, 0.2) is 0 Å². The molecule has 3 N–H and O–H groups in total. The molecule has 0 aromatic carbocycles. The summed E-state index contributed by atoms with van der Waals surface area (Å²) in [6.45, 7) is 1.87. The van der Waals surface area contributed by atoms with Crippen molar-refractivity contribution in [3.05, 3.63) is 42.0 Å². The Bertz CT molecular complexity index is 541. The lowest BCUT2D eigenvalue weighted by atomic mass is 10.2. The number of nitrogens with one attached hydrogen (secondary N) is 1. The monoisotopic (exact) mass is 245 g/mol. The smallest absolute Gasteiger partial charge is 0.122 e. The van der Waals surface area contributed by atoms with Crippen molar-refractivity contribution in [2.45, 2.75) is 17.0 Å². The number of nitrogen functional groups attached to an aromatic ring is 1. The number of aromatic nitrogens is 3. The predicted octanol–water partition coefficient (Wildman–Crippen LogP) is 1.62. The number of hydrogen-bond donors (Lipinski definition) is 2.